The topological polar surface area (TPSA) is 263 Å². The molecule has 0 saturated heterocycles. The molecule has 3 unspecified atom stereocenters. The summed E-state index contributed by atoms with van der Waals surface area (Å²) in [5.41, 5.74) is 14.8. The molecule has 148 heavy (non-hydrogen) atoms. The number of aliphatic hydroxyl groups is 13. The molecule has 13 N–H and O–H groups in total. The van der Waals surface area contributed by atoms with Gasteiger partial charge in [-0.2, -0.15) is 0 Å². The molecule has 17 aliphatic rings. The van der Waals surface area contributed by atoms with E-state index in [4.69, 9.17) is 0 Å². The predicted octanol–water partition coefficient (Wildman–Crippen LogP) is 30.1. The van der Waals surface area contributed by atoms with Gasteiger partial charge in [0.15, 0.2) is 0 Å². The van der Waals surface area contributed by atoms with Crippen LogP contribution in [0.1, 0.15) is 475 Å². The lowest BCUT2D eigenvalue weighted by Gasteiger charge is -2.58. The van der Waals surface area contributed by atoms with Crippen molar-refractivity contribution in [2.45, 2.75) is 551 Å². The summed E-state index contributed by atoms with van der Waals surface area (Å²) in [4.78, 5) is 0. The van der Waals surface area contributed by atoms with Gasteiger partial charge >= 0.3 is 0 Å². The van der Waals surface area contributed by atoms with Crippen molar-refractivity contribution in [1.29, 1.82) is 0 Å². The molecular formula is C135H224O13. The monoisotopic (exact) mass is 2050 g/mol. The van der Waals surface area contributed by atoms with Gasteiger partial charge in [0.25, 0.3) is 0 Å². The fourth-order valence-corrected chi connectivity index (χ4v) is 36.8. The molecule has 0 heterocycles. The predicted molar refractivity (Wildman–Crippen MR) is 615 cm³/mol. The van der Waals surface area contributed by atoms with Crippen LogP contribution in [0.5, 0.6) is 0 Å². The molecule has 13 nitrogen and oxygen atoms in total. The summed E-state index contributed by atoms with van der Waals surface area (Å²) in [6.45, 7) is 60.1. The molecule has 0 aromatic carbocycles. The summed E-state index contributed by atoms with van der Waals surface area (Å²) >= 11 is 0. The van der Waals surface area contributed by atoms with Crippen LogP contribution in [-0.2, 0) is 0 Å². The molecule has 13 fully saturated rings. The molecule has 17 rings (SSSR count). The number of aliphatic hydroxyl groups excluding tert-OH is 9. The van der Waals surface area contributed by atoms with Crippen molar-refractivity contribution >= 4 is 0 Å². The average molecular weight is 2060 g/mol. The van der Waals surface area contributed by atoms with Crippen LogP contribution in [0.15, 0.2) is 141 Å². The van der Waals surface area contributed by atoms with Crippen molar-refractivity contribution in [3.63, 3.8) is 0 Å². The fourth-order valence-electron chi connectivity index (χ4n) is 36.8. The zero-order valence-corrected chi connectivity index (χ0v) is 98.3. The minimum absolute atomic E-state index is 0. The quantitative estimate of drug-likeness (QED) is 0.0311. The van der Waals surface area contributed by atoms with Crippen molar-refractivity contribution in [3.05, 3.63) is 141 Å². The van der Waals surface area contributed by atoms with E-state index in [1.165, 1.54) is 197 Å². The third kappa shape index (κ3) is 28.2. The van der Waals surface area contributed by atoms with Gasteiger partial charge in [0.05, 0.1) is 77.3 Å². The van der Waals surface area contributed by atoms with Crippen LogP contribution < -0.4 is 0 Å². The van der Waals surface area contributed by atoms with E-state index < -0.39 is 71.2 Å². The van der Waals surface area contributed by atoms with Gasteiger partial charge in [0.1, 0.15) is 0 Å². The van der Waals surface area contributed by atoms with Gasteiger partial charge < -0.3 is 66.4 Å². The first kappa shape index (κ1) is 121. The molecule has 13 saturated carbocycles. The van der Waals surface area contributed by atoms with Crippen molar-refractivity contribution in [3.8, 4) is 0 Å². The maximum absolute atomic E-state index is 11.0. The van der Waals surface area contributed by atoms with Crippen molar-refractivity contribution in [1.82, 2.24) is 0 Å². The van der Waals surface area contributed by atoms with Crippen LogP contribution in [0.3, 0.4) is 0 Å². The Kier molecular flexibility index (Phi) is 40.9. The fraction of sp³-hybridized carbons (Fsp3) is 0.822. The SMILES string of the molecule is C=C1/C(=C\C=C2/CCC[C@]3(C)[C@@H]([C@H](C)CCCC(C)(C)O)CC[C@@H]23)C[C@@H](O)C[C@@H]1O.C=C1/C(=C\C=C2/CCC[C@]3(C)[C@@H]([C@H](C)CCCC(C)(C)O)CC[C@@H]23)C[C@@H](O)C[C@@H]1O.CC(C)CCC[C@@H](C)[C@H]1CC[C@H]2C3CC=C4C[C@@H](O)CC[C@]4(C)C3CC[C@]12C.CC1=C(/C=C\C2=CCC[C@]3(C)[C@@H]([C@H](C)CCCC(C)(C)O)CC[C@@H]23)C[C@@H](O)C[C@@H]1O.C[C@H](CCCC(C)(C)O)[C@H]1CC[C@H]2C3=CC=C4C[C@@H](O)C[C@H](O)[C@]4(C)C3CC[C@]12C.[2HH]. The lowest BCUT2D eigenvalue weighted by atomic mass is 9.47. The van der Waals surface area contributed by atoms with Gasteiger partial charge in [-0.05, 0) is 465 Å². The molecule has 17 aliphatic carbocycles. The van der Waals surface area contributed by atoms with E-state index in [1.807, 2.05) is 62.3 Å². The first-order chi connectivity index (χ1) is 69.2. The Bertz CT molecular complexity index is 4610. The molecule has 0 spiro atoms. The van der Waals surface area contributed by atoms with E-state index >= 15 is 0 Å². The third-order valence-electron chi connectivity index (χ3n) is 45.5. The average Bonchev–Trinajstić information content (AvgIpc) is 1.63. The molecule has 0 aromatic rings. The van der Waals surface area contributed by atoms with Gasteiger partial charge in [0, 0.05) is 32.5 Å². The lowest BCUT2D eigenvalue weighted by Crippen LogP contribution is -2.52. The smallest absolute Gasteiger partial charge is 0.0811 e. The Morgan fingerprint density at radius 3 is 1.27 bits per heavy atom. The van der Waals surface area contributed by atoms with E-state index in [-0.39, 0.29) is 12.9 Å². The number of hydrogen-bond donors (Lipinski definition) is 13. The summed E-state index contributed by atoms with van der Waals surface area (Å²) in [6, 6.07) is 0. The highest BCUT2D eigenvalue weighted by molar-refractivity contribution is 5.44. The Labute approximate surface area is 904 Å². The second-order valence-corrected chi connectivity index (χ2v) is 58.5. The van der Waals surface area contributed by atoms with Crippen LogP contribution >= 0.6 is 0 Å². The summed E-state index contributed by atoms with van der Waals surface area (Å²) < 4.78 is 0. The number of rotatable bonds is 29. The summed E-state index contributed by atoms with van der Waals surface area (Å²) in [5.74, 6) is 14.2. The van der Waals surface area contributed by atoms with E-state index in [1.54, 1.807) is 22.3 Å². The number of fused-ring (bicyclic) bond motifs is 13. The summed E-state index contributed by atoms with van der Waals surface area (Å²) in [6.07, 6.45) is 73.3. The van der Waals surface area contributed by atoms with Crippen LogP contribution in [0.2, 0.25) is 0 Å². The first-order valence-corrected chi connectivity index (χ1v) is 61.6. The summed E-state index contributed by atoms with van der Waals surface area (Å²) in [7, 11) is 0. The second kappa shape index (κ2) is 49.9. The van der Waals surface area contributed by atoms with Gasteiger partial charge in [-0.25, -0.2) is 0 Å². The molecule has 0 aliphatic heterocycles. The van der Waals surface area contributed by atoms with Gasteiger partial charge in [-0.15, -0.1) is 0 Å². The Balaban J connectivity index is 0.000000165. The molecule has 0 amide bonds. The van der Waals surface area contributed by atoms with Crippen LogP contribution in [0.4, 0.5) is 0 Å². The summed E-state index contributed by atoms with van der Waals surface area (Å²) in [5, 5.41) is 132. The highest BCUT2D eigenvalue weighted by atomic mass is 16.3. The van der Waals surface area contributed by atoms with Gasteiger partial charge in [0.2, 0.25) is 0 Å². The molecule has 0 bridgehead atoms. The number of hydrogen-bond acceptors (Lipinski definition) is 13. The Hall–Kier alpha value is -3.64. The zero-order valence-electron chi connectivity index (χ0n) is 98.3. The standard InChI is InChI=1S/4C27H44O3.C27H46O.H2/c1-17(7-6-13-25(2,3)30)21-10-11-22-20-9-8-18-15-19(28)16-24(29)27(18,5)23(20)12-14-26(21,22)4;3*1-18(8-6-14-26(3,4)30)23-12-13-24-20(9-7-15-27(23,24)5)10-11-21-16-22(28)17-25(29)19(21)2;1-18(2)7-6-8-19(3)23-11-12-24-22-10-9-20-17-21(28)13-15-26(20,4)25(22)14-16-27(23,24)5;/h8-9,17,19,21-24,28-30H,6-7,10-16H2,1-5H3;9-11,18,22-25,28-30H,6-8,12-17H2,1-5H3;2*10-11,18,22-25,28-30H,2,6-9,12-17H2,1,3-5H3;9,18-19,21-25,28H,6-8,10-17H2,1-5H3;1H/b;11-10-;2*20-10+,21-11-;;/t17-,19-,21-,22+,23?,24+,26-,27+;3*18-,22-,23-,24+,25+,27-;19-,21+,22?,23-,24+,25?,26+,27-;/m11111./s1/i;;;;;1+1. The van der Waals surface area contributed by atoms with E-state index in [0.29, 0.717) is 131 Å². The van der Waals surface area contributed by atoms with Crippen molar-refractivity contribution in [2.24, 2.45) is 150 Å². The minimum Gasteiger partial charge on any atom is -0.393 e. The first-order valence-electron chi connectivity index (χ1n) is 61.6. The number of allylic oxidation sites excluding steroid dienone is 14. The van der Waals surface area contributed by atoms with Gasteiger partial charge in [-0.1, -0.05) is 269 Å². The van der Waals surface area contributed by atoms with Crippen molar-refractivity contribution < 1.29 is 67.8 Å². The maximum atomic E-state index is 11.0. The molecule has 0 radical (unpaired) electrons. The van der Waals surface area contributed by atoms with E-state index in [2.05, 4.69) is 171 Å². The Morgan fingerprint density at radius 1 is 0.378 bits per heavy atom. The molecule has 13 heteroatoms. The van der Waals surface area contributed by atoms with Crippen LogP contribution in [0.25, 0.3) is 0 Å². The van der Waals surface area contributed by atoms with Crippen molar-refractivity contribution in [2.75, 3.05) is 0 Å². The molecule has 34 atom stereocenters. The van der Waals surface area contributed by atoms with E-state index in [9.17, 15) is 66.4 Å². The van der Waals surface area contributed by atoms with Crippen LogP contribution in [-0.4, -0.2) is 144 Å². The normalized spacial score (nSPS) is 40.9. The van der Waals surface area contributed by atoms with Gasteiger partial charge in [-0.3, -0.25) is 0 Å². The molecule has 842 valence electrons. The maximum Gasteiger partial charge on any atom is 0.0811 e. The Morgan fingerprint density at radius 2 is 0.791 bits per heavy atom. The third-order valence-corrected chi connectivity index (χ3v) is 45.5. The lowest BCUT2D eigenvalue weighted by molar-refractivity contribution is -0.0573. The largest absolute Gasteiger partial charge is 0.393 e. The van der Waals surface area contributed by atoms with Crippen LogP contribution in [0, 0.1) is 150 Å². The molecular weight excluding hydrogens is 1830 g/mol. The second-order valence-electron chi connectivity index (χ2n) is 58.5. The minimum atomic E-state index is -0.615. The van der Waals surface area contributed by atoms with E-state index in [0.717, 1.165) is 176 Å². The molecule has 0 aromatic heterocycles. The zero-order chi connectivity index (χ0) is 108. The highest BCUT2D eigenvalue weighted by Crippen LogP contribution is 2.71. The highest BCUT2D eigenvalue weighted by Gasteiger charge is 2.63.